The fraction of sp³-hybridized carbons (Fsp3) is 0.375. The van der Waals surface area contributed by atoms with Gasteiger partial charge in [-0.15, -0.1) is 0 Å². The molecule has 1 fully saturated rings. The molecule has 0 unspecified atom stereocenters. The number of benzene rings is 1. The molecule has 110 valence electrons. The number of amides is 1. The molecule has 0 radical (unpaired) electrons. The maximum Gasteiger partial charge on any atom is 0.230 e. The van der Waals surface area contributed by atoms with E-state index in [0.717, 1.165) is 12.8 Å². The number of carbonyl (C=O) groups is 2. The van der Waals surface area contributed by atoms with Gasteiger partial charge in [0.25, 0.3) is 0 Å². The van der Waals surface area contributed by atoms with Crippen LogP contribution in [0.15, 0.2) is 30.0 Å². The summed E-state index contributed by atoms with van der Waals surface area (Å²) < 4.78 is 0. The van der Waals surface area contributed by atoms with E-state index in [9.17, 15) is 9.59 Å². The lowest BCUT2D eigenvalue weighted by atomic mass is 9.96. The molecule has 0 spiro atoms. The molecule has 1 aromatic carbocycles. The van der Waals surface area contributed by atoms with E-state index in [4.69, 9.17) is 11.6 Å². The number of carbonyl (C=O) groups excluding carboxylic acids is 2. The topological polar surface area (TPSA) is 40.6 Å². The van der Waals surface area contributed by atoms with Gasteiger partial charge in [-0.1, -0.05) is 11.6 Å². The Morgan fingerprint density at radius 1 is 1.38 bits per heavy atom. The van der Waals surface area contributed by atoms with Gasteiger partial charge in [0.2, 0.25) is 5.91 Å². The molecule has 1 aromatic rings. The van der Waals surface area contributed by atoms with Crippen molar-refractivity contribution in [2.24, 2.45) is 5.92 Å². The maximum absolute atomic E-state index is 12.6. The van der Waals surface area contributed by atoms with E-state index in [-0.39, 0.29) is 17.6 Å². The highest BCUT2D eigenvalue weighted by Crippen LogP contribution is 2.37. The second kappa shape index (κ2) is 5.19. The predicted molar refractivity (Wildman–Crippen MR) is 82.6 cm³/mol. The van der Waals surface area contributed by atoms with Gasteiger partial charge in [-0.25, -0.2) is 0 Å². The zero-order valence-electron chi connectivity index (χ0n) is 12.1. The lowest BCUT2D eigenvalue weighted by Crippen LogP contribution is -2.40. The molecule has 1 saturated carbocycles. The summed E-state index contributed by atoms with van der Waals surface area (Å²) >= 11 is 6.01. The molecule has 1 amide bonds. The first-order chi connectivity index (χ1) is 9.97. The number of ketones is 1. The van der Waals surface area contributed by atoms with Gasteiger partial charge >= 0.3 is 0 Å². The van der Waals surface area contributed by atoms with Crippen LogP contribution in [0.5, 0.6) is 0 Å². The summed E-state index contributed by atoms with van der Waals surface area (Å²) in [6.07, 6.45) is 3.66. The van der Waals surface area contributed by atoms with Crippen molar-refractivity contribution in [3.63, 3.8) is 0 Å². The third-order valence-electron chi connectivity index (χ3n) is 3.72. The molecule has 1 aliphatic carbocycles. The third-order valence-corrected chi connectivity index (χ3v) is 3.96. The summed E-state index contributed by atoms with van der Waals surface area (Å²) in [6, 6.07) is 5.14. The first-order valence-electron chi connectivity index (χ1n) is 7.00. The van der Waals surface area contributed by atoms with Crippen LogP contribution >= 0.6 is 11.6 Å². The molecule has 2 aliphatic rings. The van der Waals surface area contributed by atoms with E-state index < -0.39 is 0 Å². The average Bonchev–Trinajstić information content (AvgIpc) is 3.25. The van der Waals surface area contributed by atoms with E-state index >= 15 is 0 Å². The first kappa shape index (κ1) is 14.1. The van der Waals surface area contributed by atoms with Crippen molar-refractivity contribution in [2.75, 3.05) is 25.5 Å². The van der Waals surface area contributed by atoms with E-state index in [1.165, 1.54) is 0 Å². The summed E-state index contributed by atoms with van der Waals surface area (Å²) in [5, 5.41) is 0.507. The molecular weight excluding hydrogens is 288 g/mol. The van der Waals surface area contributed by atoms with Crippen LogP contribution in [0.1, 0.15) is 23.2 Å². The number of nitrogens with zero attached hydrogens (tertiary/aromatic N) is 2. The van der Waals surface area contributed by atoms with Crippen molar-refractivity contribution in [1.82, 2.24) is 4.90 Å². The molecule has 1 heterocycles. The molecule has 3 rings (SSSR count). The quantitative estimate of drug-likeness (QED) is 0.789. The summed E-state index contributed by atoms with van der Waals surface area (Å²) in [4.78, 5) is 28.6. The minimum Gasteiger partial charge on any atom is -0.383 e. The number of halogens is 1. The molecule has 0 saturated heterocycles. The normalized spacial score (nSPS) is 19.7. The fourth-order valence-electron chi connectivity index (χ4n) is 2.58. The number of hydrogen-bond acceptors (Lipinski definition) is 3. The van der Waals surface area contributed by atoms with Crippen LogP contribution in [-0.4, -0.2) is 37.2 Å². The Kier molecular flexibility index (Phi) is 3.49. The van der Waals surface area contributed by atoms with Crippen LogP contribution in [0.3, 0.4) is 0 Å². The van der Waals surface area contributed by atoms with Crippen LogP contribution in [0.4, 0.5) is 5.69 Å². The van der Waals surface area contributed by atoms with Crippen LogP contribution < -0.4 is 4.90 Å². The number of Topliss-reactive ketones (excluding diaryl/α,β-unsaturated/α-hetero) is 1. The zero-order valence-corrected chi connectivity index (χ0v) is 12.9. The highest BCUT2D eigenvalue weighted by Gasteiger charge is 2.38. The first-order valence-corrected chi connectivity index (χ1v) is 7.38. The Bertz CT molecular complexity index is 648. The van der Waals surface area contributed by atoms with Crippen molar-refractivity contribution in [1.29, 1.82) is 0 Å². The molecule has 0 bridgehead atoms. The average molecular weight is 305 g/mol. The molecular formula is C16H17ClN2O2. The zero-order chi connectivity index (χ0) is 15.1. The van der Waals surface area contributed by atoms with Gasteiger partial charge in [0.05, 0.1) is 12.2 Å². The van der Waals surface area contributed by atoms with E-state index in [1.54, 1.807) is 29.3 Å². The number of hydrogen-bond donors (Lipinski definition) is 0. The smallest absolute Gasteiger partial charge is 0.230 e. The number of rotatable bonds is 2. The second-order valence-corrected chi connectivity index (χ2v) is 6.24. The SMILES string of the molecule is CN(C)/C=C1/CN(C(=O)C2CC2)c2ccc(Cl)cc2C1=O. The molecule has 0 N–H and O–H groups in total. The number of anilines is 1. The lowest BCUT2D eigenvalue weighted by molar-refractivity contribution is -0.119. The second-order valence-electron chi connectivity index (χ2n) is 5.81. The third kappa shape index (κ3) is 2.68. The lowest BCUT2D eigenvalue weighted by Gasteiger charge is -2.31. The summed E-state index contributed by atoms with van der Waals surface area (Å²) in [5.74, 6) is 0.166. The van der Waals surface area contributed by atoms with Gasteiger partial charge in [-0.2, -0.15) is 0 Å². The predicted octanol–water partition coefficient (Wildman–Crippen LogP) is 2.72. The van der Waals surface area contributed by atoms with Crippen molar-refractivity contribution < 1.29 is 9.59 Å². The Hall–Kier alpha value is -1.81. The van der Waals surface area contributed by atoms with Crippen molar-refractivity contribution in [3.8, 4) is 0 Å². The Morgan fingerprint density at radius 2 is 2.10 bits per heavy atom. The Balaban J connectivity index is 2.07. The monoisotopic (exact) mass is 304 g/mol. The van der Waals surface area contributed by atoms with Gasteiger partial charge in [0.15, 0.2) is 5.78 Å². The summed E-state index contributed by atoms with van der Waals surface area (Å²) in [5.41, 5.74) is 1.80. The van der Waals surface area contributed by atoms with Gasteiger partial charge < -0.3 is 9.80 Å². The molecule has 5 heteroatoms. The highest BCUT2D eigenvalue weighted by molar-refractivity contribution is 6.31. The van der Waals surface area contributed by atoms with Crippen LogP contribution in [0.25, 0.3) is 0 Å². The highest BCUT2D eigenvalue weighted by atomic mass is 35.5. The Labute approximate surface area is 129 Å². The van der Waals surface area contributed by atoms with Crippen LogP contribution in [-0.2, 0) is 4.79 Å². The van der Waals surface area contributed by atoms with Crippen molar-refractivity contribution >= 4 is 29.0 Å². The molecule has 1 aliphatic heterocycles. The standard InChI is InChI=1S/C16H17ClN2O2/c1-18(2)8-11-9-19(16(21)10-3-4-10)14-6-5-12(17)7-13(14)15(11)20/h5-8,10H,3-4,9H2,1-2H3/b11-8-. The van der Waals surface area contributed by atoms with Gasteiger partial charge in [-0.3, -0.25) is 9.59 Å². The van der Waals surface area contributed by atoms with Crippen molar-refractivity contribution in [2.45, 2.75) is 12.8 Å². The summed E-state index contributed by atoms with van der Waals surface area (Å²) in [7, 11) is 3.72. The van der Waals surface area contributed by atoms with Gasteiger partial charge in [-0.05, 0) is 31.0 Å². The van der Waals surface area contributed by atoms with Crippen molar-refractivity contribution in [3.05, 3.63) is 40.6 Å². The molecule has 0 atom stereocenters. The minimum atomic E-state index is -0.0546. The van der Waals surface area contributed by atoms with Gasteiger partial charge in [0.1, 0.15) is 0 Å². The largest absolute Gasteiger partial charge is 0.383 e. The molecule has 0 aromatic heterocycles. The minimum absolute atomic E-state index is 0.0546. The Morgan fingerprint density at radius 3 is 2.71 bits per heavy atom. The van der Waals surface area contributed by atoms with Crippen LogP contribution in [0, 0.1) is 5.92 Å². The fourth-order valence-corrected chi connectivity index (χ4v) is 2.76. The molecule has 4 nitrogen and oxygen atoms in total. The van der Waals surface area contributed by atoms with E-state index in [0.29, 0.717) is 28.4 Å². The number of fused-ring (bicyclic) bond motifs is 1. The maximum atomic E-state index is 12.6. The summed E-state index contributed by atoms with van der Waals surface area (Å²) in [6.45, 7) is 0.334. The van der Waals surface area contributed by atoms with Gasteiger partial charge in [0, 0.05) is 42.4 Å². The molecule has 21 heavy (non-hydrogen) atoms. The van der Waals surface area contributed by atoms with E-state index in [2.05, 4.69) is 0 Å². The van der Waals surface area contributed by atoms with Crippen LogP contribution in [0.2, 0.25) is 5.02 Å². The van der Waals surface area contributed by atoms with E-state index in [1.807, 2.05) is 19.0 Å².